The minimum absolute atomic E-state index is 0.0429. The van der Waals surface area contributed by atoms with Gasteiger partial charge in [-0.15, -0.1) is 0 Å². The summed E-state index contributed by atoms with van der Waals surface area (Å²) in [4.78, 5) is 0. The van der Waals surface area contributed by atoms with Crippen molar-refractivity contribution < 1.29 is 9.84 Å². The van der Waals surface area contributed by atoms with Crippen LogP contribution in [0.2, 0.25) is 0 Å². The van der Waals surface area contributed by atoms with Crippen molar-refractivity contribution in [3.8, 4) is 0 Å². The maximum Gasteiger partial charge on any atom is 0.0624 e. The molecule has 2 bridgehead atoms. The topological polar surface area (TPSA) is 29.5 Å². The van der Waals surface area contributed by atoms with Crippen molar-refractivity contribution in [2.75, 3.05) is 13.2 Å². The number of aliphatic hydroxyl groups excluding tert-OH is 1. The van der Waals surface area contributed by atoms with Gasteiger partial charge >= 0.3 is 0 Å². The van der Waals surface area contributed by atoms with E-state index in [0.29, 0.717) is 11.8 Å². The molecular formula is C14H22O2. The van der Waals surface area contributed by atoms with Gasteiger partial charge in [0, 0.05) is 12.5 Å². The van der Waals surface area contributed by atoms with E-state index >= 15 is 0 Å². The van der Waals surface area contributed by atoms with E-state index < -0.39 is 0 Å². The van der Waals surface area contributed by atoms with Gasteiger partial charge in [0.1, 0.15) is 0 Å². The van der Waals surface area contributed by atoms with Gasteiger partial charge in [0.25, 0.3) is 0 Å². The molecule has 1 aliphatic heterocycles. The van der Waals surface area contributed by atoms with E-state index in [2.05, 4.69) is 0 Å². The third-order valence-corrected chi connectivity index (χ3v) is 5.87. The molecule has 1 N–H and O–H groups in total. The Bertz CT molecular complexity index is 268. The zero-order valence-electron chi connectivity index (χ0n) is 9.85. The Morgan fingerprint density at radius 3 is 2.44 bits per heavy atom. The van der Waals surface area contributed by atoms with Gasteiger partial charge in [-0.3, -0.25) is 0 Å². The Balaban J connectivity index is 1.44. The predicted octanol–water partition coefficient (Wildman–Crippen LogP) is 2.07. The van der Waals surface area contributed by atoms with Crippen molar-refractivity contribution in [3.05, 3.63) is 0 Å². The first-order valence-corrected chi connectivity index (χ1v) is 7.12. The Kier molecular flexibility index (Phi) is 2.14. The van der Waals surface area contributed by atoms with E-state index in [9.17, 15) is 5.11 Å². The number of hydrogen-bond donors (Lipinski definition) is 1. The van der Waals surface area contributed by atoms with Crippen LogP contribution in [0.1, 0.15) is 32.1 Å². The number of rotatable bonds is 2. The van der Waals surface area contributed by atoms with E-state index in [4.69, 9.17) is 4.74 Å². The first-order chi connectivity index (χ1) is 7.86. The van der Waals surface area contributed by atoms with Crippen LogP contribution in [0, 0.1) is 35.5 Å². The van der Waals surface area contributed by atoms with Gasteiger partial charge in [-0.1, -0.05) is 0 Å². The summed E-state index contributed by atoms with van der Waals surface area (Å²) in [6, 6.07) is 0. The lowest BCUT2D eigenvalue weighted by molar-refractivity contribution is -0.0237. The minimum Gasteiger partial charge on any atom is -0.392 e. The molecule has 1 saturated heterocycles. The van der Waals surface area contributed by atoms with Crippen LogP contribution in [0.15, 0.2) is 0 Å². The zero-order chi connectivity index (χ0) is 10.7. The summed E-state index contributed by atoms with van der Waals surface area (Å²) >= 11 is 0. The van der Waals surface area contributed by atoms with Gasteiger partial charge < -0.3 is 9.84 Å². The van der Waals surface area contributed by atoms with Gasteiger partial charge in [0.2, 0.25) is 0 Å². The van der Waals surface area contributed by atoms with Gasteiger partial charge in [-0.25, -0.2) is 0 Å². The molecule has 4 rings (SSSR count). The van der Waals surface area contributed by atoms with Gasteiger partial charge in [0.15, 0.2) is 0 Å². The fraction of sp³-hybridized carbons (Fsp3) is 1.00. The third kappa shape index (κ3) is 1.26. The van der Waals surface area contributed by atoms with Crippen LogP contribution >= 0.6 is 0 Å². The molecular weight excluding hydrogens is 200 g/mol. The maximum atomic E-state index is 10.5. The van der Waals surface area contributed by atoms with Crippen molar-refractivity contribution in [1.82, 2.24) is 0 Å². The van der Waals surface area contributed by atoms with E-state index in [-0.39, 0.29) is 6.10 Å². The first kappa shape index (κ1) is 9.90. The van der Waals surface area contributed by atoms with E-state index in [0.717, 1.165) is 43.3 Å². The average molecular weight is 222 g/mol. The van der Waals surface area contributed by atoms with Crippen LogP contribution in [0.25, 0.3) is 0 Å². The summed E-state index contributed by atoms with van der Waals surface area (Å²) in [5, 5.41) is 10.5. The van der Waals surface area contributed by atoms with Crippen LogP contribution in [-0.4, -0.2) is 24.4 Å². The summed E-state index contributed by atoms with van der Waals surface area (Å²) in [6.07, 6.45) is 6.69. The van der Waals surface area contributed by atoms with Crippen molar-refractivity contribution in [2.24, 2.45) is 35.5 Å². The number of fused-ring (bicyclic) bond motifs is 5. The zero-order valence-corrected chi connectivity index (χ0v) is 9.85. The second-order valence-electron chi connectivity index (χ2n) is 6.53. The summed E-state index contributed by atoms with van der Waals surface area (Å²) in [7, 11) is 0. The van der Waals surface area contributed by atoms with Gasteiger partial charge in [-0.05, 0) is 61.7 Å². The Morgan fingerprint density at radius 1 is 1.06 bits per heavy atom. The molecule has 0 aromatic heterocycles. The fourth-order valence-corrected chi connectivity index (χ4v) is 5.20. The molecule has 0 aromatic rings. The lowest BCUT2D eigenvalue weighted by Crippen LogP contribution is -2.32. The van der Waals surface area contributed by atoms with Crippen molar-refractivity contribution in [2.45, 2.75) is 38.2 Å². The summed E-state index contributed by atoms with van der Waals surface area (Å²) in [6.45, 7) is 1.72. The summed E-state index contributed by atoms with van der Waals surface area (Å²) in [5.74, 6) is 4.91. The van der Waals surface area contributed by atoms with Crippen LogP contribution in [0.3, 0.4) is 0 Å². The lowest BCUT2D eigenvalue weighted by atomic mass is 9.88. The van der Waals surface area contributed by atoms with E-state index in [1.165, 1.54) is 25.7 Å². The maximum absolute atomic E-state index is 10.5. The van der Waals surface area contributed by atoms with Crippen LogP contribution in [-0.2, 0) is 4.74 Å². The minimum atomic E-state index is -0.0429. The normalized spacial score (nSPS) is 56.1. The van der Waals surface area contributed by atoms with Crippen molar-refractivity contribution in [3.63, 3.8) is 0 Å². The lowest BCUT2D eigenvalue weighted by Gasteiger charge is -2.28. The molecule has 0 amide bonds. The number of aliphatic hydroxyl groups is 1. The predicted molar refractivity (Wildman–Crippen MR) is 60.9 cm³/mol. The molecule has 2 heteroatoms. The summed E-state index contributed by atoms with van der Waals surface area (Å²) in [5.41, 5.74) is 0. The number of ether oxygens (including phenoxy) is 1. The number of hydrogen-bond acceptors (Lipinski definition) is 2. The average Bonchev–Trinajstić information content (AvgIpc) is 2.77. The monoisotopic (exact) mass is 222 g/mol. The smallest absolute Gasteiger partial charge is 0.0624 e. The first-order valence-electron chi connectivity index (χ1n) is 7.12. The quantitative estimate of drug-likeness (QED) is 0.775. The SMILES string of the molecule is OC(C1CCCOC1)C1C2C3CCC(C3)C21. The highest BCUT2D eigenvalue weighted by atomic mass is 16.5. The van der Waals surface area contributed by atoms with Crippen molar-refractivity contribution >= 4 is 0 Å². The molecule has 1 heterocycles. The highest BCUT2D eigenvalue weighted by Crippen LogP contribution is 2.70. The van der Waals surface area contributed by atoms with Gasteiger partial charge in [0.05, 0.1) is 12.7 Å². The fourth-order valence-electron chi connectivity index (χ4n) is 5.20. The standard InChI is InChI=1S/C14H22O2/c15-14(10-2-1-5-16-7-10)13-11-8-3-4-9(6-8)12(11)13/h8-15H,1-7H2. The molecule has 0 aromatic carbocycles. The molecule has 2 nitrogen and oxygen atoms in total. The largest absolute Gasteiger partial charge is 0.392 e. The molecule has 0 radical (unpaired) electrons. The highest BCUT2D eigenvalue weighted by molar-refractivity contribution is 5.15. The van der Waals surface area contributed by atoms with Crippen LogP contribution in [0.4, 0.5) is 0 Å². The molecule has 16 heavy (non-hydrogen) atoms. The molecule has 3 saturated carbocycles. The second-order valence-corrected chi connectivity index (χ2v) is 6.53. The Hall–Kier alpha value is -0.0800. The van der Waals surface area contributed by atoms with Crippen LogP contribution in [0.5, 0.6) is 0 Å². The van der Waals surface area contributed by atoms with Crippen molar-refractivity contribution in [1.29, 1.82) is 0 Å². The van der Waals surface area contributed by atoms with Gasteiger partial charge in [-0.2, -0.15) is 0 Å². The summed E-state index contributed by atoms with van der Waals surface area (Å²) < 4.78 is 5.51. The second kappa shape index (κ2) is 3.46. The molecule has 4 fully saturated rings. The highest BCUT2D eigenvalue weighted by Gasteiger charge is 2.67. The molecule has 4 aliphatic rings. The Labute approximate surface area is 97.4 Å². The molecule has 0 spiro atoms. The third-order valence-electron chi connectivity index (χ3n) is 5.87. The van der Waals surface area contributed by atoms with E-state index in [1.807, 2.05) is 0 Å². The van der Waals surface area contributed by atoms with E-state index in [1.54, 1.807) is 0 Å². The molecule has 6 unspecified atom stereocenters. The molecule has 6 atom stereocenters. The Morgan fingerprint density at radius 2 is 1.81 bits per heavy atom. The molecule has 90 valence electrons. The van der Waals surface area contributed by atoms with Crippen LogP contribution < -0.4 is 0 Å². The molecule has 3 aliphatic carbocycles.